The smallest absolute Gasteiger partial charge is 0.159 e. The molecule has 1 aliphatic carbocycles. The van der Waals surface area contributed by atoms with Crippen LogP contribution in [-0.2, 0) is 22.9 Å². The fourth-order valence-electron chi connectivity index (χ4n) is 6.09. The van der Waals surface area contributed by atoms with Crippen LogP contribution in [0.1, 0.15) is 53.5 Å². The molecule has 0 amide bonds. The van der Waals surface area contributed by atoms with Crippen LogP contribution in [0.2, 0.25) is 0 Å². The van der Waals surface area contributed by atoms with Crippen LogP contribution in [0.25, 0.3) is 0 Å². The molecule has 6 nitrogen and oxygen atoms in total. The van der Waals surface area contributed by atoms with Crippen molar-refractivity contribution < 1.29 is 14.6 Å². The molecule has 5 rings (SSSR count). The highest BCUT2D eigenvalue weighted by molar-refractivity contribution is 5.52. The number of aromatic nitrogens is 2. The average molecular weight is 462 g/mol. The molecule has 0 radical (unpaired) electrons. The quantitative estimate of drug-likeness (QED) is 0.533. The summed E-state index contributed by atoms with van der Waals surface area (Å²) in [6, 6.07) is 17.2. The van der Waals surface area contributed by atoms with Gasteiger partial charge in [-0.15, -0.1) is 0 Å². The molecule has 1 aliphatic heterocycles. The largest absolute Gasteiger partial charge is 0.508 e. The molecule has 1 aromatic heterocycles. The number of ether oxygens (including phenoxy) is 2. The SMILES string of the molecule is COC(OC)C1CCN(c2ccc([C@H]3c4ccc(O)cc4CC[C@H]3c3ccnn3C)cc2)CC1. The molecule has 2 heterocycles. The predicted molar refractivity (Wildman–Crippen MR) is 133 cm³/mol. The molecule has 180 valence electrons. The molecular formula is C28H35N3O3. The Bertz CT molecular complexity index is 1100. The number of fused-ring (bicyclic) bond motifs is 1. The van der Waals surface area contributed by atoms with Gasteiger partial charge >= 0.3 is 0 Å². The minimum Gasteiger partial charge on any atom is -0.508 e. The predicted octanol–water partition coefficient (Wildman–Crippen LogP) is 4.82. The number of piperidine rings is 1. The zero-order chi connectivity index (χ0) is 23.7. The molecule has 1 fully saturated rings. The summed E-state index contributed by atoms with van der Waals surface area (Å²) < 4.78 is 13.0. The Labute approximate surface area is 202 Å². The van der Waals surface area contributed by atoms with E-state index in [1.807, 2.05) is 30.1 Å². The first-order chi connectivity index (χ1) is 16.6. The monoisotopic (exact) mass is 461 g/mol. The van der Waals surface area contributed by atoms with E-state index < -0.39 is 0 Å². The summed E-state index contributed by atoms with van der Waals surface area (Å²) in [6.45, 7) is 2.02. The van der Waals surface area contributed by atoms with Gasteiger partial charge in [0.15, 0.2) is 6.29 Å². The van der Waals surface area contributed by atoms with E-state index in [1.54, 1.807) is 14.2 Å². The second kappa shape index (κ2) is 9.80. The molecule has 2 aromatic carbocycles. The van der Waals surface area contributed by atoms with E-state index in [-0.39, 0.29) is 12.2 Å². The van der Waals surface area contributed by atoms with Crippen molar-refractivity contribution >= 4 is 5.69 Å². The van der Waals surface area contributed by atoms with Crippen molar-refractivity contribution in [3.8, 4) is 5.75 Å². The van der Waals surface area contributed by atoms with Crippen LogP contribution in [0.15, 0.2) is 54.7 Å². The summed E-state index contributed by atoms with van der Waals surface area (Å²) in [5, 5.41) is 14.5. The number of methoxy groups -OCH3 is 2. The Hall–Kier alpha value is -2.83. The van der Waals surface area contributed by atoms with Crippen molar-refractivity contribution in [1.29, 1.82) is 0 Å². The molecule has 0 saturated carbocycles. The number of phenolic OH excluding ortho intramolecular Hbond substituents is 1. The molecule has 6 heteroatoms. The molecule has 34 heavy (non-hydrogen) atoms. The number of nitrogens with zero attached hydrogens (tertiary/aromatic N) is 3. The summed E-state index contributed by atoms with van der Waals surface area (Å²) >= 11 is 0. The number of aromatic hydroxyl groups is 1. The van der Waals surface area contributed by atoms with Gasteiger partial charge in [-0.05, 0) is 72.7 Å². The van der Waals surface area contributed by atoms with E-state index >= 15 is 0 Å². The van der Waals surface area contributed by atoms with Gasteiger partial charge in [0.05, 0.1) is 0 Å². The molecule has 0 unspecified atom stereocenters. The van der Waals surface area contributed by atoms with Gasteiger partial charge in [-0.3, -0.25) is 4.68 Å². The Morgan fingerprint density at radius 2 is 1.71 bits per heavy atom. The molecule has 3 aromatic rings. The van der Waals surface area contributed by atoms with E-state index in [2.05, 4.69) is 46.4 Å². The Morgan fingerprint density at radius 1 is 0.971 bits per heavy atom. The summed E-state index contributed by atoms with van der Waals surface area (Å²) in [4.78, 5) is 2.47. The first-order valence-electron chi connectivity index (χ1n) is 12.3. The minimum atomic E-state index is -0.112. The van der Waals surface area contributed by atoms with Gasteiger partial charge in [0.25, 0.3) is 0 Å². The Balaban J connectivity index is 1.40. The maximum Gasteiger partial charge on any atom is 0.159 e. The number of hydrogen-bond acceptors (Lipinski definition) is 5. The highest BCUT2D eigenvalue weighted by atomic mass is 16.7. The van der Waals surface area contributed by atoms with Crippen molar-refractivity contribution in [3.63, 3.8) is 0 Å². The van der Waals surface area contributed by atoms with Gasteiger partial charge in [0.2, 0.25) is 0 Å². The van der Waals surface area contributed by atoms with Crippen LogP contribution in [0.3, 0.4) is 0 Å². The molecule has 2 aliphatic rings. The molecule has 1 N–H and O–H groups in total. The molecule has 0 bridgehead atoms. The lowest BCUT2D eigenvalue weighted by Crippen LogP contribution is -2.39. The first-order valence-corrected chi connectivity index (χ1v) is 12.3. The van der Waals surface area contributed by atoms with Crippen LogP contribution < -0.4 is 4.90 Å². The van der Waals surface area contributed by atoms with Crippen LogP contribution >= 0.6 is 0 Å². The summed E-state index contributed by atoms with van der Waals surface area (Å²) in [7, 11) is 5.48. The van der Waals surface area contributed by atoms with E-state index in [9.17, 15) is 5.11 Å². The number of phenols is 1. The highest BCUT2D eigenvalue weighted by Gasteiger charge is 2.34. The normalized spacial score (nSPS) is 21.1. The summed E-state index contributed by atoms with van der Waals surface area (Å²) in [5.74, 6) is 1.38. The van der Waals surface area contributed by atoms with Crippen LogP contribution in [0.5, 0.6) is 5.75 Å². The van der Waals surface area contributed by atoms with Crippen molar-refractivity contribution in [2.75, 3.05) is 32.2 Å². The summed E-state index contributed by atoms with van der Waals surface area (Å²) in [5.41, 5.74) is 6.41. The van der Waals surface area contributed by atoms with Crippen molar-refractivity contribution in [2.45, 2.75) is 43.8 Å². The maximum absolute atomic E-state index is 10.1. The maximum atomic E-state index is 10.1. The van der Waals surface area contributed by atoms with Gasteiger partial charge in [-0.2, -0.15) is 5.10 Å². The van der Waals surface area contributed by atoms with Gasteiger partial charge in [-0.1, -0.05) is 18.2 Å². The van der Waals surface area contributed by atoms with Gasteiger partial charge in [0.1, 0.15) is 5.75 Å². The third kappa shape index (κ3) is 4.32. The number of rotatable bonds is 6. The molecule has 1 saturated heterocycles. The van der Waals surface area contributed by atoms with E-state index in [1.165, 1.54) is 28.1 Å². The van der Waals surface area contributed by atoms with Gasteiger partial charge in [-0.25, -0.2) is 0 Å². The third-order valence-corrected chi connectivity index (χ3v) is 7.83. The lowest BCUT2D eigenvalue weighted by molar-refractivity contribution is -0.141. The number of aryl methyl sites for hydroxylation is 2. The zero-order valence-electron chi connectivity index (χ0n) is 20.4. The minimum absolute atomic E-state index is 0.112. The van der Waals surface area contributed by atoms with Crippen LogP contribution in [-0.4, -0.2) is 48.5 Å². The number of hydrogen-bond donors (Lipinski definition) is 1. The fraction of sp³-hybridized carbons (Fsp3) is 0.464. The Kier molecular flexibility index (Phi) is 6.61. The standard InChI is InChI=1S/C28H35N3O3/c1-30-26(12-15-29-30)25-10-6-21-18-23(32)9-11-24(21)27(25)19-4-7-22(8-5-19)31-16-13-20(14-17-31)28(33-2)34-3/h4-5,7-9,11-12,15,18,20,25,27-28,32H,6,10,13-14,16-17H2,1-3H3/t25-,27-/m0/s1. The Morgan fingerprint density at radius 3 is 2.35 bits per heavy atom. The highest BCUT2D eigenvalue weighted by Crippen LogP contribution is 2.47. The summed E-state index contributed by atoms with van der Waals surface area (Å²) in [6.07, 6.45) is 5.91. The van der Waals surface area contributed by atoms with Crippen molar-refractivity contribution in [3.05, 3.63) is 77.1 Å². The molecular weight excluding hydrogens is 426 g/mol. The fourth-order valence-corrected chi connectivity index (χ4v) is 6.09. The van der Waals surface area contributed by atoms with Gasteiger partial charge < -0.3 is 19.5 Å². The van der Waals surface area contributed by atoms with Gasteiger partial charge in [0, 0.05) is 69.7 Å². The first kappa shape index (κ1) is 22.9. The second-order valence-corrected chi connectivity index (χ2v) is 9.64. The number of anilines is 1. The van der Waals surface area contributed by atoms with E-state index in [4.69, 9.17) is 9.47 Å². The molecule has 2 atom stereocenters. The second-order valence-electron chi connectivity index (χ2n) is 9.64. The third-order valence-electron chi connectivity index (χ3n) is 7.83. The van der Waals surface area contributed by atoms with Crippen molar-refractivity contribution in [1.82, 2.24) is 9.78 Å². The molecule has 0 spiro atoms. The van der Waals surface area contributed by atoms with E-state index in [0.717, 1.165) is 38.8 Å². The van der Waals surface area contributed by atoms with Crippen LogP contribution in [0.4, 0.5) is 5.69 Å². The van der Waals surface area contributed by atoms with Crippen molar-refractivity contribution in [2.24, 2.45) is 13.0 Å². The average Bonchev–Trinajstić information content (AvgIpc) is 3.30. The number of benzene rings is 2. The topological polar surface area (TPSA) is 59.8 Å². The lowest BCUT2D eigenvalue weighted by atomic mass is 9.70. The van der Waals surface area contributed by atoms with E-state index in [0.29, 0.717) is 17.6 Å². The lowest BCUT2D eigenvalue weighted by Gasteiger charge is -2.37. The zero-order valence-corrected chi connectivity index (χ0v) is 20.4. The van der Waals surface area contributed by atoms with Crippen LogP contribution in [0, 0.1) is 5.92 Å².